The van der Waals surface area contributed by atoms with Gasteiger partial charge < -0.3 is 9.64 Å². The molecule has 176 valence electrons. The molecule has 0 saturated carbocycles. The molecule has 4 nitrogen and oxygen atoms in total. The van der Waals surface area contributed by atoms with E-state index in [9.17, 15) is 27.2 Å². The highest BCUT2D eigenvalue weighted by Gasteiger charge is 2.39. The van der Waals surface area contributed by atoms with Crippen molar-refractivity contribution in [3.63, 3.8) is 0 Å². The Bertz CT molecular complexity index is 1080. The summed E-state index contributed by atoms with van der Waals surface area (Å²) in [6.07, 6.45) is -4.66. The Kier molecular flexibility index (Phi) is 6.68. The summed E-state index contributed by atoms with van der Waals surface area (Å²) in [4.78, 5) is 27.5. The number of carbonyl (C=O) groups is 2. The standard InChI is InChI=1S/C25H25F4NO3/c1-15-22(23(32)33-24(2,3)4)19(16-9-11-18(12-10-16)25(27,28)29)13-21(31)30(15)14-17-7-5-6-8-20(17)26/h5-12,19H,13-14H2,1-4H3. The molecule has 0 aliphatic carbocycles. The van der Waals surface area contributed by atoms with Crippen LogP contribution in [0.25, 0.3) is 0 Å². The Morgan fingerprint density at radius 2 is 1.67 bits per heavy atom. The number of alkyl halides is 3. The number of rotatable bonds is 4. The first-order valence-electron chi connectivity index (χ1n) is 10.4. The van der Waals surface area contributed by atoms with Gasteiger partial charge in [0.1, 0.15) is 11.4 Å². The van der Waals surface area contributed by atoms with E-state index < -0.39 is 35.0 Å². The predicted molar refractivity (Wildman–Crippen MR) is 114 cm³/mol. The van der Waals surface area contributed by atoms with Crippen LogP contribution in [-0.4, -0.2) is 22.4 Å². The number of hydrogen-bond acceptors (Lipinski definition) is 3. The van der Waals surface area contributed by atoms with Crippen LogP contribution in [0.2, 0.25) is 0 Å². The summed E-state index contributed by atoms with van der Waals surface area (Å²) in [7, 11) is 0. The van der Waals surface area contributed by atoms with Crippen LogP contribution < -0.4 is 0 Å². The van der Waals surface area contributed by atoms with E-state index in [1.54, 1.807) is 39.8 Å². The normalized spacial score (nSPS) is 17.4. The van der Waals surface area contributed by atoms with Crippen LogP contribution in [0.4, 0.5) is 17.6 Å². The third-order valence-electron chi connectivity index (χ3n) is 5.37. The SMILES string of the molecule is CC1=C(C(=O)OC(C)(C)C)C(c2ccc(C(F)(F)F)cc2)CC(=O)N1Cc1ccccc1F. The van der Waals surface area contributed by atoms with E-state index >= 15 is 0 Å². The zero-order chi connectivity index (χ0) is 24.6. The monoisotopic (exact) mass is 463 g/mol. The highest BCUT2D eigenvalue weighted by atomic mass is 19.4. The molecule has 3 rings (SSSR count). The molecule has 0 spiro atoms. The van der Waals surface area contributed by atoms with Crippen LogP contribution in [-0.2, 0) is 27.0 Å². The van der Waals surface area contributed by atoms with Crippen molar-refractivity contribution < 1.29 is 31.9 Å². The van der Waals surface area contributed by atoms with Gasteiger partial charge in [0.2, 0.25) is 5.91 Å². The number of amides is 1. The maximum Gasteiger partial charge on any atom is 0.416 e. The molecule has 1 heterocycles. The Labute approximate surface area is 189 Å². The number of allylic oxidation sites excluding steroid dienone is 1. The van der Waals surface area contributed by atoms with Gasteiger partial charge in [-0.25, -0.2) is 9.18 Å². The number of nitrogens with zero attached hydrogens (tertiary/aromatic N) is 1. The van der Waals surface area contributed by atoms with Crippen LogP contribution in [0.15, 0.2) is 59.8 Å². The second kappa shape index (κ2) is 9.00. The molecule has 33 heavy (non-hydrogen) atoms. The van der Waals surface area contributed by atoms with Crippen molar-refractivity contribution >= 4 is 11.9 Å². The lowest BCUT2D eigenvalue weighted by Crippen LogP contribution is -2.39. The van der Waals surface area contributed by atoms with Gasteiger partial charge in [-0.05, 0) is 51.5 Å². The van der Waals surface area contributed by atoms with Gasteiger partial charge in [0, 0.05) is 23.6 Å². The number of halogens is 4. The number of ether oxygens (including phenoxy) is 1. The van der Waals surface area contributed by atoms with Crippen molar-refractivity contribution in [3.05, 3.63) is 82.3 Å². The zero-order valence-corrected chi connectivity index (χ0v) is 18.8. The lowest BCUT2D eigenvalue weighted by atomic mass is 9.83. The lowest BCUT2D eigenvalue weighted by Gasteiger charge is -2.35. The van der Waals surface area contributed by atoms with Crippen LogP contribution in [0.1, 0.15) is 56.7 Å². The van der Waals surface area contributed by atoms with Crippen molar-refractivity contribution in [2.24, 2.45) is 0 Å². The van der Waals surface area contributed by atoms with Gasteiger partial charge in [0.05, 0.1) is 17.7 Å². The fourth-order valence-electron chi connectivity index (χ4n) is 3.79. The van der Waals surface area contributed by atoms with Gasteiger partial charge in [-0.3, -0.25) is 4.79 Å². The van der Waals surface area contributed by atoms with Gasteiger partial charge in [0.25, 0.3) is 0 Å². The van der Waals surface area contributed by atoms with Gasteiger partial charge in [-0.2, -0.15) is 13.2 Å². The Hall–Kier alpha value is -3.16. The fraction of sp³-hybridized carbons (Fsp3) is 0.360. The summed E-state index contributed by atoms with van der Waals surface area (Å²) in [5, 5.41) is 0. The lowest BCUT2D eigenvalue weighted by molar-refractivity contribution is -0.151. The zero-order valence-electron chi connectivity index (χ0n) is 18.8. The molecule has 8 heteroatoms. The first-order valence-corrected chi connectivity index (χ1v) is 10.4. The predicted octanol–water partition coefficient (Wildman–Crippen LogP) is 5.98. The number of benzene rings is 2. The topological polar surface area (TPSA) is 46.6 Å². The molecule has 2 aromatic carbocycles. The maximum atomic E-state index is 14.2. The summed E-state index contributed by atoms with van der Waals surface area (Å²) in [5.74, 6) is -2.31. The number of hydrogen-bond donors (Lipinski definition) is 0. The van der Waals surface area contributed by atoms with Crippen molar-refractivity contribution in [3.8, 4) is 0 Å². The molecular weight excluding hydrogens is 438 g/mol. The highest BCUT2D eigenvalue weighted by Crippen LogP contribution is 2.39. The minimum Gasteiger partial charge on any atom is -0.457 e. The summed E-state index contributed by atoms with van der Waals surface area (Å²) < 4.78 is 58.7. The third kappa shape index (κ3) is 5.61. The van der Waals surface area contributed by atoms with Crippen LogP contribution >= 0.6 is 0 Å². The van der Waals surface area contributed by atoms with Gasteiger partial charge in [-0.1, -0.05) is 30.3 Å². The van der Waals surface area contributed by atoms with Crippen molar-refractivity contribution in [1.29, 1.82) is 0 Å². The summed E-state index contributed by atoms with van der Waals surface area (Å²) in [6.45, 7) is 6.56. The fourth-order valence-corrected chi connectivity index (χ4v) is 3.79. The molecule has 1 unspecified atom stereocenters. The van der Waals surface area contributed by atoms with E-state index in [0.717, 1.165) is 12.1 Å². The number of carbonyl (C=O) groups excluding carboxylic acids is 2. The molecule has 0 aromatic heterocycles. The van der Waals surface area contributed by atoms with E-state index in [1.165, 1.54) is 29.2 Å². The average Bonchev–Trinajstić information content (AvgIpc) is 2.70. The first-order chi connectivity index (χ1) is 15.3. The van der Waals surface area contributed by atoms with Crippen LogP contribution in [0.5, 0.6) is 0 Å². The van der Waals surface area contributed by atoms with E-state index in [1.807, 2.05) is 0 Å². The molecule has 0 saturated heterocycles. The Morgan fingerprint density at radius 3 is 2.21 bits per heavy atom. The van der Waals surface area contributed by atoms with Gasteiger partial charge >= 0.3 is 12.1 Å². The minimum atomic E-state index is -4.50. The third-order valence-corrected chi connectivity index (χ3v) is 5.37. The molecule has 0 bridgehead atoms. The Balaban J connectivity index is 2.06. The molecule has 1 atom stereocenters. The summed E-state index contributed by atoms with van der Waals surface area (Å²) in [5.41, 5.74) is -0.528. The molecule has 1 amide bonds. The highest BCUT2D eigenvalue weighted by molar-refractivity contribution is 5.96. The maximum absolute atomic E-state index is 14.2. The Morgan fingerprint density at radius 1 is 1.06 bits per heavy atom. The molecule has 1 aliphatic rings. The molecule has 2 aromatic rings. The van der Waals surface area contributed by atoms with Crippen molar-refractivity contribution in [1.82, 2.24) is 4.90 Å². The van der Waals surface area contributed by atoms with E-state index in [2.05, 4.69) is 0 Å². The van der Waals surface area contributed by atoms with Crippen molar-refractivity contribution in [2.75, 3.05) is 0 Å². The number of esters is 1. The van der Waals surface area contributed by atoms with Crippen LogP contribution in [0, 0.1) is 5.82 Å². The van der Waals surface area contributed by atoms with Crippen molar-refractivity contribution in [2.45, 2.75) is 58.4 Å². The summed E-state index contributed by atoms with van der Waals surface area (Å²) >= 11 is 0. The van der Waals surface area contributed by atoms with E-state index in [4.69, 9.17) is 4.74 Å². The van der Waals surface area contributed by atoms with Gasteiger partial charge in [-0.15, -0.1) is 0 Å². The second-order valence-corrected chi connectivity index (χ2v) is 8.95. The van der Waals surface area contributed by atoms with Gasteiger partial charge in [0.15, 0.2) is 0 Å². The minimum absolute atomic E-state index is 0.0800. The van der Waals surface area contributed by atoms with E-state index in [0.29, 0.717) is 5.56 Å². The molecule has 0 radical (unpaired) electrons. The smallest absolute Gasteiger partial charge is 0.416 e. The molecule has 1 aliphatic heterocycles. The van der Waals surface area contributed by atoms with Crippen LogP contribution in [0.3, 0.4) is 0 Å². The second-order valence-electron chi connectivity index (χ2n) is 8.95. The van der Waals surface area contributed by atoms with E-state index in [-0.39, 0.29) is 35.7 Å². The molecular formula is C25H25F4NO3. The largest absolute Gasteiger partial charge is 0.457 e. The molecule has 0 fully saturated rings. The first kappa shape index (κ1) is 24.5. The molecule has 0 N–H and O–H groups in total. The average molecular weight is 463 g/mol. The summed E-state index contributed by atoms with van der Waals surface area (Å²) in [6, 6.07) is 10.4. The quantitative estimate of drug-likeness (QED) is 0.414.